The zero-order valence-electron chi connectivity index (χ0n) is 14.6. The molecule has 3 aromatic rings. The molecule has 6 heteroatoms. The first-order chi connectivity index (χ1) is 13.2. The van der Waals surface area contributed by atoms with Crippen molar-refractivity contribution >= 4 is 45.1 Å². The highest BCUT2D eigenvalue weighted by atomic mass is 79.9. The lowest BCUT2D eigenvalue weighted by molar-refractivity contribution is 0.122. The van der Waals surface area contributed by atoms with Crippen LogP contribution in [-0.2, 0) is 4.74 Å². The molecule has 4 nitrogen and oxygen atoms in total. The molecule has 1 aliphatic heterocycles. The number of aliphatic imine (C=N–C) groups is 1. The zero-order valence-corrected chi connectivity index (χ0v) is 16.9. The van der Waals surface area contributed by atoms with Gasteiger partial charge in [0.2, 0.25) is 0 Å². The van der Waals surface area contributed by atoms with E-state index in [9.17, 15) is 0 Å². The van der Waals surface area contributed by atoms with Crippen molar-refractivity contribution in [2.24, 2.45) is 4.99 Å². The van der Waals surface area contributed by atoms with Crippen LogP contribution < -0.4 is 4.90 Å². The quantitative estimate of drug-likeness (QED) is 0.466. The molecule has 1 aromatic heterocycles. The largest absolute Gasteiger partial charge is 0.455 e. The Morgan fingerprint density at radius 2 is 1.78 bits per heavy atom. The summed E-state index contributed by atoms with van der Waals surface area (Å²) in [4.78, 5) is 6.82. The van der Waals surface area contributed by atoms with Crippen LogP contribution in [0.4, 0.5) is 11.4 Å². The molecule has 0 amide bonds. The molecule has 1 aliphatic rings. The van der Waals surface area contributed by atoms with Crippen LogP contribution in [0.15, 0.2) is 68.5 Å². The first-order valence-corrected chi connectivity index (χ1v) is 9.88. The lowest BCUT2D eigenvalue weighted by atomic mass is 10.2. The van der Waals surface area contributed by atoms with Crippen molar-refractivity contribution in [1.82, 2.24) is 0 Å². The Labute approximate surface area is 171 Å². The van der Waals surface area contributed by atoms with E-state index in [0.717, 1.165) is 47.8 Å². The number of hydrogen-bond donors (Lipinski definition) is 0. The predicted octanol–water partition coefficient (Wildman–Crippen LogP) is 5.95. The predicted molar refractivity (Wildman–Crippen MR) is 114 cm³/mol. The molecule has 0 aliphatic carbocycles. The van der Waals surface area contributed by atoms with Crippen molar-refractivity contribution < 1.29 is 9.15 Å². The van der Waals surface area contributed by atoms with Gasteiger partial charge >= 0.3 is 0 Å². The Balaban J connectivity index is 1.45. The van der Waals surface area contributed by atoms with Gasteiger partial charge in [0, 0.05) is 28.8 Å². The summed E-state index contributed by atoms with van der Waals surface area (Å²) in [5.41, 5.74) is 3.01. The van der Waals surface area contributed by atoms with Gasteiger partial charge in [0.15, 0.2) is 0 Å². The molecule has 2 aromatic carbocycles. The van der Waals surface area contributed by atoms with E-state index >= 15 is 0 Å². The van der Waals surface area contributed by atoms with Gasteiger partial charge in [-0.05, 0) is 64.5 Å². The maximum atomic E-state index is 6.16. The van der Waals surface area contributed by atoms with Gasteiger partial charge in [-0.15, -0.1) is 0 Å². The van der Waals surface area contributed by atoms with Crippen LogP contribution in [0.1, 0.15) is 5.76 Å². The number of halogens is 2. The summed E-state index contributed by atoms with van der Waals surface area (Å²) in [6, 6.07) is 17.8. The lowest BCUT2D eigenvalue weighted by Gasteiger charge is -2.28. The average molecular weight is 446 g/mol. The maximum absolute atomic E-state index is 6.16. The molecule has 1 saturated heterocycles. The van der Waals surface area contributed by atoms with Crippen molar-refractivity contribution in [3.63, 3.8) is 0 Å². The molecule has 27 heavy (non-hydrogen) atoms. The van der Waals surface area contributed by atoms with Crippen molar-refractivity contribution in [2.75, 3.05) is 31.2 Å². The first kappa shape index (κ1) is 18.3. The van der Waals surface area contributed by atoms with Crippen LogP contribution in [0, 0.1) is 0 Å². The molecular weight excluding hydrogens is 428 g/mol. The fraction of sp³-hybridized carbons (Fsp3) is 0.190. The van der Waals surface area contributed by atoms with E-state index in [0.29, 0.717) is 10.8 Å². The number of nitrogens with zero attached hydrogens (tertiary/aromatic N) is 2. The van der Waals surface area contributed by atoms with Gasteiger partial charge in [-0.2, -0.15) is 0 Å². The monoisotopic (exact) mass is 444 g/mol. The van der Waals surface area contributed by atoms with E-state index in [1.165, 1.54) is 5.69 Å². The highest BCUT2D eigenvalue weighted by Gasteiger charge is 2.10. The van der Waals surface area contributed by atoms with E-state index in [-0.39, 0.29) is 0 Å². The van der Waals surface area contributed by atoms with Crippen LogP contribution in [0.2, 0.25) is 5.02 Å². The van der Waals surface area contributed by atoms with Crippen molar-refractivity contribution in [1.29, 1.82) is 0 Å². The third-order valence-corrected chi connectivity index (χ3v) is 5.63. The minimum atomic E-state index is 0.652. The number of furan rings is 1. The standard InChI is InChI=1S/C21H18BrClN2O2/c22-19-7-1-15(13-20(19)23)21-8-6-18(27-21)14-24-16-2-4-17(5-3-16)25-9-11-26-12-10-25/h1-8,13-14H,9-12H2. The molecule has 0 N–H and O–H groups in total. The molecule has 1 fully saturated rings. The van der Waals surface area contributed by atoms with Crippen molar-refractivity contribution in [3.8, 4) is 11.3 Å². The fourth-order valence-corrected chi connectivity index (χ4v) is 3.36. The summed E-state index contributed by atoms with van der Waals surface area (Å²) >= 11 is 9.55. The third-order valence-electron chi connectivity index (χ3n) is 4.40. The molecule has 4 rings (SSSR count). The van der Waals surface area contributed by atoms with E-state index < -0.39 is 0 Å². The summed E-state index contributed by atoms with van der Waals surface area (Å²) in [7, 11) is 0. The SMILES string of the molecule is Clc1cc(-c2ccc(C=Nc3ccc(N4CCOCC4)cc3)o2)ccc1Br. The van der Waals surface area contributed by atoms with Crippen molar-refractivity contribution in [2.45, 2.75) is 0 Å². The highest BCUT2D eigenvalue weighted by molar-refractivity contribution is 9.10. The van der Waals surface area contributed by atoms with Crippen LogP contribution in [0.25, 0.3) is 11.3 Å². The van der Waals surface area contributed by atoms with Gasteiger partial charge in [-0.25, -0.2) is 0 Å². The molecule has 2 heterocycles. The number of benzene rings is 2. The second-order valence-corrected chi connectivity index (χ2v) is 7.47. The lowest BCUT2D eigenvalue weighted by Crippen LogP contribution is -2.36. The van der Waals surface area contributed by atoms with E-state index in [1.54, 1.807) is 6.21 Å². The van der Waals surface area contributed by atoms with Crippen LogP contribution in [-0.4, -0.2) is 32.5 Å². The van der Waals surface area contributed by atoms with E-state index in [4.69, 9.17) is 20.8 Å². The molecule has 0 radical (unpaired) electrons. The number of rotatable bonds is 4. The summed E-state index contributed by atoms with van der Waals surface area (Å²) in [5, 5.41) is 0.652. The maximum Gasteiger partial charge on any atom is 0.145 e. The van der Waals surface area contributed by atoms with E-state index in [2.05, 4.69) is 38.0 Å². The Hall–Kier alpha value is -2.08. The first-order valence-electron chi connectivity index (χ1n) is 8.71. The number of anilines is 1. The van der Waals surface area contributed by atoms with Gasteiger partial charge in [0.1, 0.15) is 11.5 Å². The molecule has 0 saturated carbocycles. The normalized spacial score (nSPS) is 14.8. The van der Waals surface area contributed by atoms with Gasteiger partial charge < -0.3 is 14.1 Å². The molecule has 0 unspecified atom stereocenters. The molecule has 0 atom stereocenters. The Morgan fingerprint density at radius 3 is 2.52 bits per heavy atom. The summed E-state index contributed by atoms with van der Waals surface area (Å²) < 4.78 is 12.1. The topological polar surface area (TPSA) is 38.0 Å². The van der Waals surface area contributed by atoms with Crippen LogP contribution in [0.3, 0.4) is 0 Å². The van der Waals surface area contributed by atoms with Gasteiger partial charge in [-0.1, -0.05) is 17.7 Å². The van der Waals surface area contributed by atoms with Crippen LogP contribution >= 0.6 is 27.5 Å². The number of morpholine rings is 1. The minimum absolute atomic E-state index is 0.652. The Kier molecular flexibility index (Phi) is 5.62. The van der Waals surface area contributed by atoms with E-state index in [1.807, 2.05) is 42.5 Å². The fourth-order valence-electron chi connectivity index (χ4n) is 2.94. The molecule has 0 spiro atoms. The minimum Gasteiger partial charge on any atom is -0.455 e. The molecular formula is C21H18BrClN2O2. The van der Waals surface area contributed by atoms with Gasteiger partial charge in [-0.3, -0.25) is 4.99 Å². The highest BCUT2D eigenvalue weighted by Crippen LogP contribution is 2.29. The zero-order chi connectivity index (χ0) is 18.6. The smallest absolute Gasteiger partial charge is 0.145 e. The summed E-state index contributed by atoms with van der Waals surface area (Å²) in [6.45, 7) is 3.42. The Morgan fingerprint density at radius 1 is 1.00 bits per heavy atom. The van der Waals surface area contributed by atoms with Crippen LogP contribution in [0.5, 0.6) is 0 Å². The average Bonchev–Trinajstić information content (AvgIpc) is 3.19. The van der Waals surface area contributed by atoms with Gasteiger partial charge in [0.25, 0.3) is 0 Å². The Bertz CT molecular complexity index is 947. The number of ether oxygens (including phenoxy) is 1. The number of hydrogen-bond acceptors (Lipinski definition) is 4. The summed E-state index contributed by atoms with van der Waals surface area (Å²) in [5.74, 6) is 1.45. The van der Waals surface area contributed by atoms with Gasteiger partial charge in [0.05, 0.1) is 30.1 Å². The third kappa shape index (κ3) is 4.43. The second kappa shape index (κ2) is 8.30. The molecule has 0 bridgehead atoms. The summed E-state index contributed by atoms with van der Waals surface area (Å²) in [6.07, 6.45) is 1.73. The van der Waals surface area contributed by atoms with Crippen molar-refractivity contribution in [3.05, 3.63) is 69.9 Å². The molecule has 138 valence electrons. The second-order valence-electron chi connectivity index (χ2n) is 6.20.